The molecule has 1 aliphatic carbocycles. The molecule has 0 fully saturated rings. The summed E-state index contributed by atoms with van der Waals surface area (Å²) in [5.41, 5.74) is 2.67. The normalized spacial score (nSPS) is 12.7. The van der Waals surface area contributed by atoms with Gasteiger partial charge in [0.2, 0.25) is 0 Å². The van der Waals surface area contributed by atoms with Crippen molar-refractivity contribution >= 4 is 5.91 Å². The maximum atomic E-state index is 11.0. The SMILES string of the molecule is N#CNC(=O)COc1ccc2c(c1)CCC2. The predicted molar refractivity (Wildman–Crippen MR) is 57.7 cm³/mol. The number of hydrogen-bond acceptors (Lipinski definition) is 3. The third-order valence-corrected chi connectivity index (χ3v) is 2.64. The van der Waals surface area contributed by atoms with Gasteiger partial charge in [-0.25, -0.2) is 0 Å². The topological polar surface area (TPSA) is 62.1 Å². The first-order chi connectivity index (χ1) is 7.79. The Bertz CT molecular complexity index is 449. The summed E-state index contributed by atoms with van der Waals surface area (Å²) < 4.78 is 5.28. The van der Waals surface area contributed by atoms with Crippen LogP contribution in [0.25, 0.3) is 0 Å². The average molecular weight is 216 g/mol. The van der Waals surface area contributed by atoms with Crippen LogP contribution < -0.4 is 10.1 Å². The number of nitriles is 1. The van der Waals surface area contributed by atoms with E-state index in [0.29, 0.717) is 5.75 Å². The largest absolute Gasteiger partial charge is 0.484 e. The van der Waals surface area contributed by atoms with E-state index in [1.807, 2.05) is 23.5 Å². The molecular formula is C12H12N2O2. The van der Waals surface area contributed by atoms with Crippen LogP contribution in [0.4, 0.5) is 0 Å². The van der Waals surface area contributed by atoms with Crippen molar-refractivity contribution in [3.05, 3.63) is 29.3 Å². The fraction of sp³-hybridized carbons (Fsp3) is 0.333. The van der Waals surface area contributed by atoms with E-state index in [-0.39, 0.29) is 6.61 Å². The Labute approximate surface area is 93.8 Å². The first-order valence-corrected chi connectivity index (χ1v) is 5.22. The summed E-state index contributed by atoms with van der Waals surface area (Å²) in [6.45, 7) is -0.119. The maximum Gasteiger partial charge on any atom is 0.270 e. The molecule has 82 valence electrons. The monoisotopic (exact) mass is 216 g/mol. The highest BCUT2D eigenvalue weighted by atomic mass is 16.5. The molecule has 0 aliphatic heterocycles. The smallest absolute Gasteiger partial charge is 0.270 e. The number of nitrogens with one attached hydrogen (secondary N) is 1. The molecule has 4 nitrogen and oxygen atoms in total. The molecule has 1 amide bonds. The Morgan fingerprint density at radius 2 is 2.25 bits per heavy atom. The number of fused-ring (bicyclic) bond motifs is 1. The van der Waals surface area contributed by atoms with Gasteiger partial charge in [-0.3, -0.25) is 10.1 Å². The van der Waals surface area contributed by atoms with E-state index in [9.17, 15) is 4.79 Å². The van der Waals surface area contributed by atoms with Crippen LogP contribution in [-0.4, -0.2) is 12.5 Å². The van der Waals surface area contributed by atoms with Gasteiger partial charge in [0.1, 0.15) is 5.75 Å². The average Bonchev–Trinajstić information content (AvgIpc) is 2.74. The van der Waals surface area contributed by atoms with Crippen LogP contribution >= 0.6 is 0 Å². The number of carbonyl (C=O) groups excluding carboxylic acids is 1. The molecule has 2 rings (SSSR count). The molecule has 0 atom stereocenters. The first-order valence-electron chi connectivity index (χ1n) is 5.22. The minimum absolute atomic E-state index is 0.119. The summed E-state index contributed by atoms with van der Waals surface area (Å²) in [5.74, 6) is 0.261. The van der Waals surface area contributed by atoms with E-state index in [4.69, 9.17) is 10.00 Å². The Hall–Kier alpha value is -2.02. The highest BCUT2D eigenvalue weighted by Gasteiger charge is 2.11. The molecule has 1 aromatic carbocycles. The van der Waals surface area contributed by atoms with Crippen molar-refractivity contribution in [2.75, 3.05) is 6.61 Å². The second-order valence-corrected chi connectivity index (χ2v) is 3.73. The lowest BCUT2D eigenvalue weighted by Gasteiger charge is -2.06. The van der Waals surface area contributed by atoms with Crippen LogP contribution in [0.15, 0.2) is 18.2 Å². The van der Waals surface area contributed by atoms with E-state index in [0.717, 1.165) is 12.8 Å². The standard InChI is InChI=1S/C12H12N2O2/c13-8-14-12(15)7-16-11-5-4-9-2-1-3-10(9)6-11/h4-6H,1-3,7H2,(H,14,15). The summed E-state index contributed by atoms with van der Waals surface area (Å²) in [5, 5.41) is 10.2. The highest BCUT2D eigenvalue weighted by molar-refractivity contribution is 5.78. The number of ether oxygens (including phenoxy) is 1. The van der Waals surface area contributed by atoms with Crippen molar-refractivity contribution in [1.82, 2.24) is 5.32 Å². The minimum Gasteiger partial charge on any atom is -0.484 e. The fourth-order valence-corrected chi connectivity index (χ4v) is 1.89. The fourth-order valence-electron chi connectivity index (χ4n) is 1.89. The zero-order valence-electron chi connectivity index (χ0n) is 8.82. The van der Waals surface area contributed by atoms with Crippen molar-refractivity contribution in [2.45, 2.75) is 19.3 Å². The summed E-state index contributed by atoms with van der Waals surface area (Å²) in [6.07, 6.45) is 4.96. The first kappa shape index (κ1) is 10.5. The number of aryl methyl sites for hydroxylation is 2. The van der Waals surface area contributed by atoms with E-state index in [1.165, 1.54) is 17.5 Å². The molecule has 1 aliphatic rings. The lowest BCUT2D eigenvalue weighted by Crippen LogP contribution is -2.24. The Morgan fingerprint density at radius 3 is 3.06 bits per heavy atom. The Balaban J connectivity index is 1.96. The lowest BCUT2D eigenvalue weighted by atomic mass is 10.1. The number of amides is 1. The van der Waals surface area contributed by atoms with Crippen molar-refractivity contribution in [3.63, 3.8) is 0 Å². The third kappa shape index (κ3) is 2.31. The van der Waals surface area contributed by atoms with Gasteiger partial charge in [0.05, 0.1) is 0 Å². The predicted octanol–water partition coefficient (Wildman–Crippen LogP) is 1.15. The number of benzene rings is 1. The van der Waals surface area contributed by atoms with Crippen LogP contribution in [0.2, 0.25) is 0 Å². The molecule has 16 heavy (non-hydrogen) atoms. The second kappa shape index (κ2) is 4.67. The zero-order chi connectivity index (χ0) is 11.4. The molecule has 0 spiro atoms. The van der Waals surface area contributed by atoms with Crippen molar-refractivity contribution in [3.8, 4) is 11.9 Å². The molecular weight excluding hydrogens is 204 g/mol. The molecule has 1 N–H and O–H groups in total. The van der Waals surface area contributed by atoms with E-state index < -0.39 is 5.91 Å². The molecule has 0 saturated heterocycles. The van der Waals surface area contributed by atoms with E-state index >= 15 is 0 Å². The van der Waals surface area contributed by atoms with Crippen molar-refractivity contribution in [2.24, 2.45) is 0 Å². The van der Waals surface area contributed by atoms with Gasteiger partial charge in [0, 0.05) is 0 Å². The van der Waals surface area contributed by atoms with Gasteiger partial charge >= 0.3 is 0 Å². The maximum absolute atomic E-state index is 11.0. The highest BCUT2D eigenvalue weighted by Crippen LogP contribution is 2.25. The summed E-state index contributed by atoms with van der Waals surface area (Å²) >= 11 is 0. The molecule has 0 unspecified atom stereocenters. The van der Waals surface area contributed by atoms with Crippen molar-refractivity contribution in [1.29, 1.82) is 5.26 Å². The molecule has 4 heteroatoms. The molecule has 0 saturated carbocycles. The van der Waals surface area contributed by atoms with Gasteiger partial charge in [-0.1, -0.05) is 6.07 Å². The zero-order valence-corrected chi connectivity index (χ0v) is 8.82. The van der Waals surface area contributed by atoms with E-state index in [2.05, 4.69) is 0 Å². The number of hydrogen-bond donors (Lipinski definition) is 1. The van der Waals surface area contributed by atoms with Gasteiger partial charge in [-0.15, -0.1) is 0 Å². The van der Waals surface area contributed by atoms with Crippen LogP contribution in [-0.2, 0) is 17.6 Å². The Kier molecular flexibility index (Phi) is 3.06. The minimum atomic E-state index is -0.428. The van der Waals surface area contributed by atoms with Gasteiger partial charge < -0.3 is 4.74 Å². The number of carbonyl (C=O) groups is 1. The van der Waals surface area contributed by atoms with Gasteiger partial charge in [-0.2, -0.15) is 5.26 Å². The summed E-state index contributed by atoms with van der Waals surface area (Å²) in [4.78, 5) is 11.0. The lowest BCUT2D eigenvalue weighted by molar-refractivity contribution is -0.121. The Morgan fingerprint density at radius 1 is 1.44 bits per heavy atom. The van der Waals surface area contributed by atoms with Crippen LogP contribution in [0.3, 0.4) is 0 Å². The summed E-state index contributed by atoms with van der Waals surface area (Å²) in [7, 11) is 0. The molecule has 0 bridgehead atoms. The van der Waals surface area contributed by atoms with Gasteiger partial charge in [0.15, 0.2) is 12.8 Å². The van der Waals surface area contributed by atoms with Gasteiger partial charge in [-0.05, 0) is 42.5 Å². The van der Waals surface area contributed by atoms with Crippen LogP contribution in [0.1, 0.15) is 17.5 Å². The number of nitrogens with zero attached hydrogens (tertiary/aromatic N) is 1. The molecule has 0 aromatic heterocycles. The second-order valence-electron chi connectivity index (χ2n) is 3.73. The quantitative estimate of drug-likeness (QED) is 0.609. The third-order valence-electron chi connectivity index (χ3n) is 2.64. The van der Waals surface area contributed by atoms with Crippen LogP contribution in [0.5, 0.6) is 5.75 Å². The summed E-state index contributed by atoms with van der Waals surface area (Å²) in [6, 6.07) is 5.88. The molecule has 0 radical (unpaired) electrons. The van der Waals surface area contributed by atoms with Gasteiger partial charge in [0.25, 0.3) is 5.91 Å². The molecule has 0 heterocycles. The van der Waals surface area contributed by atoms with Crippen molar-refractivity contribution < 1.29 is 9.53 Å². The van der Waals surface area contributed by atoms with Crippen LogP contribution in [0, 0.1) is 11.5 Å². The van der Waals surface area contributed by atoms with E-state index in [1.54, 1.807) is 6.19 Å². The number of rotatable bonds is 3. The molecule has 1 aromatic rings.